The number of carbonyl (C=O) groups is 1. The fourth-order valence-corrected chi connectivity index (χ4v) is 2.01. The first-order valence-electron chi connectivity index (χ1n) is 7.25. The second-order valence-corrected chi connectivity index (χ2v) is 4.82. The highest BCUT2D eigenvalue weighted by molar-refractivity contribution is 5.93. The van der Waals surface area contributed by atoms with Crippen molar-refractivity contribution in [3.63, 3.8) is 0 Å². The number of hydrogen-bond acceptors (Lipinski definition) is 4. The molecule has 0 radical (unpaired) electrons. The fraction of sp³-hybridized carbons (Fsp3) is 0.600. The number of halogens is 2. The number of aromatic nitrogens is 1. The summed E-state index contributed by atoms with van der Waals surface area (Å²) in [7, 11) is 3.69. The molecule has 0 spiro atoms. The van der Waals surface area contributed by atoms with Crippen LogP contribution in [0.5, 0.6) is 0 Å². The molecule has 0 aliphatic carbocycles. The predicted molar refractivity (Wildman–Crippen MR) is 97.8 cm³/mol. The van der Waals surface area contributed by atoms with E-state index in [1.54, 1.807) is 11.1 Å². The van der Waals surface area contributed by atoms with Gasteiger partial charge in [-0.15, -0.1) is 24.8 Å². The Hall–Kier alpha value is -1.04. The van der Waals surface area contributed by atoms with Gasteiger partial charge in [0, 0.05) is 39.4 Å². The Morgan fingerprint density at radius 2 is 1.91 bits per heavy atom. The predicted octanol–water partition coefficient (Wildman–Crippen LogP) is 2.45. The third-order valence-corrected chi connectivity index (χ3v) is 3.24. The number of nitrogens with one attached hydrogen (secondary N) is 1. The third-order valence-electron chi connectivity index (χ3n) is 3.24. The van der Waals surface area contributed by atoms with E-state index in [4.69, 9.17) is 0 Å². The lowest BCUT2D eigenvalue weighted by Crippen LogP contribution is -2.33. The molecular weight excluding hydrogens is 323 g/mol. The summed E-state index contributed by atoms with van der Waals surface area (Å²) in [6.45, 7) is 7.65. The van der Waals surface area contributed by atoms with E-state index in [0.29, 0.717) is 12.1 Å². The summed E-state index contributed by atoms with van der Waals surface area (Å²) in [6.07, 6.45) is 2.76. The Bertz CT molecular complexity index is 415. The summed E-state index contributed by atoms with van der Waals surface area (Å²) in [5.74, 6) is 0.946. The molecule has 0 unspecified atom stereocenters. The van der Waals surface area contributed by atoms with E-state index in [0.717, 1.165) is 31.9 Å². The van der Waals surface area contributed by atoms with E-state index >= 15 is 0 Å². The topological polar surface area (TPSA) is 48.5 Å². The van der Waals surface area contributed by atoms with Crippen LogP contribution in [0.25, 0.3) is 0 Å². The minimum absolute atomic E-state index is 0. The maximum Gasteiger partial charge on any atom is 0.255 e. The van der Waals surface area contributed by atoms with Crippen LogP contribution in [0.3, 0.4) is 0 Å². The maximum absolute atomic E-state index is 12.2. The Labute approximate surface area is 146 Å². The number of likely N-dealkylation sites (N-methyl/N-ethyl adjacent to an activating group) is 2. The maximum atomic E-state index is 12.2. The van der Waals surface area contributed by atoms with Crippen molar-refractivity contribution in [1.29, 1.82) is 0 Å². The highest BCUT2D eigenvalue weighted by atomic mass is 35.5. The first kappa shape index (κ1) is 23.2. The van der Waals surface area contributed by atoms with E-state index in [9.17, 15) is 4.79 Å². The Balaban J connectivity index is 0. The number of hydrogen-bond donors (Lipinski definition) is 1. The first-order chi connectivity index (χ1) is 9.63. The minimum Gasteiger partial charge on any atom is -0.357 e. The van der Waals surface area contributed by atoms with Crippen LogP contribution < -0.4 is 10.2 Å². The van der Waals surface area contributed by atoms with Crippen LogP contribution >= 0.6 is 24.8 Å². The molecule has 0 aromatic carbocycles. The number of rotatable bonds is 8. The standard InChI is InChI=1S/C15H26N4O.2ClH/c1-5-10-19(6-2)14-8-7-13(12-17-14)15(20)18(4)11-9-16-3;;/h7-8,12,16H,5-6,9-11H2,1-4H3;2*1H. The lowest BCUT2D eigenvalue weighted by molar-refractivity contribution is 0.0796. The lowest BCUT2D eigenvalue weighted by atomic mass is 10.2. The molecule has 1 aromatic heterocycles. The summed E-state index contributed by atoms with van der Waals surface area (Å²) in [4.78, 5) is 20.5. The summed E-state index contributed by atoms with van der Waals surface area (Å²) < 4.78 is 0. The molecule has 0 bridgehead atoms. The Kier molecular flexibility index (Phi) is 13.2. The van der Waals surface area contributed by atoms with Gasteiger partial charge in [0.25, 0.3) is 5.91 Å². The third kappa shape index (κ3) is 6.81. The summed E-state index contributed by atoms with van der Waals surface area (Å²) in [6, 6.07) is 3.79. The van der Waals surface area contributed by atoms with Gasteiger partial charge in [-0.2, -0.15) is 0 Å². The molecule has 0 fully saturated rings. The normalized spacial score (nSPS) is 9.45. The van der Waals surface area contributed by atoms with Crippen LogP contribution in [0.2, 0.25) is 0 Å². The molecule has 128 valence electrons. The van der Waals surface area contributed by atoms with Gasteiger partial charge in [0.05, 0.1) is 5.56 Å². The van der Waals surface area contributed by atoms with E-state index in [1.807, 2.05) is 26.2 Å². The largest absolute Gasteiger partial charge is 0.357 e. The molecule has 0 saturated heterocycles. The van der Waals surface area contributed by atoms with Crippen LogP contribution in [-0.4, -0.2) is 56.1 Å². The number of carbonyl (C=O) groups excluding carboxylic acids is 1. The van der Waals surface area contributed by atoms with Crippen LogP contribution in [0.15, 0.2) is 18.3 Å². The molecule has 0 aliphatic heterocycles. The molecule has 1 N–H and O–H groups in total. The molecule has 7 heteroatoms. The van der Waals surface area contributed by atoms with Crippen molar-refractivity contribution in [3.8, 4) is 0 Å². The van der Waals surface area contributed by atoms with Crippen molar-refractivity contribution in [2.75, 3.05) is 45.2 Å². The molecular formula is C15H28Cl2N4O. The van der Waals surface area contributed by atoms with Gasteiger partial charge in [0.15, 0.2) is 0 Å². The zero-order valence-corrected chi connectivity index (χ0v) is 15.5. The van der Waals surface area contributed by atoms with Crippen LogP contribution in [0.1, 0.15) is 30.6 Å². The van der Waals surface area contributed by atoms with Gasteiger partial charge >= 0.3 is 0 Å². The van der Waals surface area contributed by atoms with Gasteiger partial charge in [-0.3, -0.25) is 4.79 Å². The van der Waals surface area contributed by atoms with Crippen LogP contribution in [0.4, 0.5) is 5.82 Å². The first-order valence-corrected chi connectivity index (χ1v) is 7.25. The smallest absolute Gasteiger partial charge is 0.255 e. The number of amides is 1. The van der Waals surface area contributed by atoms with Crippen molar-refractivity contribution in [2.24, 2.45) is 0 Å². The molecule has 0 atom stereocenters. The molecule has 22 heavy (non-hydrogen) atoms. The number of anilines is 1. The van der Waals surface area contributed by atoms with E-state index in [2.05, 4.69) is 29.0 Å². The quantitative estimate of drug-likeness (QED) is 0.782. The Morgan fingerprint density at radius 1 is 1.23 bits per heavy atom. The molecule has 5 nitrogen and oxygen atoms in total. The highest BCUT2D eigenvalue weighted by Gasteiger charge is 2.12. The molecule has 0 aliphatic rings. The van der Waals surface area contributed by atoms with Gasteiger partial charge in [0.2, 0.25) is 0 Å². The van der Waals surface area contributed by atoms with Gasteiger partial charge in [-0.25, -0.2) is 4.98 Å². The van der Waals surface area contributed by atoms with Crippen LogP contribution in [0, 0.1) is 0 Å². The monoisotopic (exact) mass is 350 g/mol. The summed E-state index contributed by atoms with van der Waals surface area (Å²) in [5, 5.41) is 3.03. The second-order valence-electron chi connectivity index (χ2n) is 4.82. The van der Waals surface area contributed by atoms with E-state index in [-0.39, 0.29) is 30.7 Å². The van der Waals surface area contributed by atoms with E-state index < -0.39 is 0 Å². The lowest BCUT2D eigenvalue weighted by Gasteiger charge is -2.21. The zero-order chi connectivity index (χ0) is 15.0. The van der Waals surface area contributed by atoms with Crippen molar-refractivity contribution in [3.05, 3.63) is 23.9 Å². The van der Waals surface area contributed by atoms with Gasteiger partial charge in [-0.05, 0) is 32.5 Å². The van der Waals surface area contributed by atoms with Gasteiger partial charge < -0.3 is 15.1 Å². The molecule has 1 rings (SSSR count). The van der Waals surface area contributed by atoms with Crippen LogP contribution in [-0.2, 0) is 0 Å². The SMILES string of the molecule is CCCN(CC)c1ccc(C(=O)N(C)CCNC)cn1.Cl.Cl. The number of pyridine rings is 1. The zero-order valence-electron chi connectivity index (χ0n) is 13.8. The highest BCUT2D eigenvalue weighted by Crippen LogP contribution is 2.12. The van der Waals surface area contributed by atoms with Gasteiger partial charge in [-0.1, -0.05) is 6.92 Å². The summed E-state index contributed by atoms with van der Waals surface area (Å²) in [5.41, 5.74) is 0.639. The van der Waals surface area contributed by atoms with E-state index in [1.165, 1.54) is 0 Å². The van der Waals surface area contributed by atoms with Crippen molar-refractivity contribution < 1.29 is 4.79 Å². The van der Waals surface area contributed by atoms with Gasteiger partial charge in [0.1, 0.15) is 5.82 Å². The average molecular weight is 351 g/mol. The molecule has 0 saturated carbocycles. The fourth-order valence-electron chi connectivity index (χ4n) is 2.01. The molecule has 1 aromatic rings. The second kappa shape index (κ2) is 12.5. The van der Waals surface area contributed by atoms with Crippen molar-refractivity contribution in [2.45, 2.75) is 20.3 Å². The number of nitrogens with zero attached hydrogens (tertiary/aromatic N) is 3. The van der Waals surface area contributed by atoms with Crippen molar-refractivity contribution in [1.82, 2.24) is 15.2 Å². The molecule has 1 heterocycles. The summed E-state index contributed by atoms with van der Waals surface area (Å²) >= 11 is 0. The molecule has 1 amide bonds. The minimum atomic E-state index is 0. The average Bonchev–Trinajstić information content (AvgIpc) is 2.49. The van der Waals surface area contributed by atoms with Crippen molar-refractivity contribution >= 4 is 36.5 Å². The Morgan fingerprint density at radius 3 is 2.36 bits per heavy atom.